The summed E-state index contributed by atoms with van der Waals surface area (Å²) < 4.78 is 5.91. The molecular formula is C40H51N5O3S. The van der Waals surface area contributed by atoms with Gasteiger partial charge in [-0.2, -0.15) is 0 Å². The number of ether oxygens (including phenoxy) is 1. The maximum absolute atomic E-state index is 13.7. The first-order chi connectivity index (χ1) is 23.4. The third kappa shape index (κ3) is 9.98. The number of carbonyl (C=O) groups excluding carboxylic acids is 2. The second-order valence-electron chi connectivity index (χ2n) is 14.6. The van der Waals surface area contributed by atoms with Gasteiger partial charge in [-0.15, -0.1) is 11.3 Å². The minimum Gasteiger partial charge on any atom is -0.494 e. The van der Waals surface area contributed by atoms with E-state index < -0.39 is 11.6 Å². The first-order valence-corrected chi connectivity index (χ1v) is 18.4. The molecule has 1 unspecified atom stereocenters. The first kappa shape index (κ1) is 36.2. The number of nitrogens with zero attached hydrogens (tertiary/aromatic N) is 3. The Morgan fingerprint density at radius 2 is 1.61 bits per heavy atom. The van der Waals surface area contributed by atoms with Gasteiger partial charge in [0, 0.05) is 53.4 Å². The number of hydrogen-bond acceptors (Lipinski definition) is 7. The Hall–Kier alpha value is -4.08. The van der Waals surface area contributed by atoms with Crippen LogP contribution in [0.25, 0.3) is 22.5 Å². The Kier molecular flexibility index (Phi) is 11.9. The van der Waals surface area contributed by atoms with E-state index in [2.05, 4.69) is 43.0 Å². The lowest BCUT2D eigenvalue weighted by atomic mass is 9.95. The maximum atomic E-state index is 13.7. The number of aromatic nitrogens is 2. The van der Waals surface area contributed by atoms with Gasteiger partial charge in [-0.1, -0.05) is 89.8 Å². The molecule has 260 valence electrons. The average Bonchev–Trinajstić information content (AvgIpc) is 3.74. The highest BCUT2D eigenvalue weighted by Gasteiger charge is 2.36. The number of nitrogens with one attached hydrogen (secondary N) is 1. The lowest BCUT2D eigenvalue weighted by Crippen LogP contribution is -2.50. The van der Waals surface area contributed by atoms with Crippen LogP contribution in [0.4, 0.5) is 0 Å². The molecule has 2 aromatic carbocycles. The van der Waals surface area contributed by atoms with E-state index in [-0.39, 0.29) is 17.2 Å². The summed E-state index contributed by atoms with van der Waals surface area (Å²) in [4.78, 5) is 39.9. The summed E-state index contributed by atoms with van der Waals surface area (Å²) in [6, 6.07) is 19.1. The van der Waals surface area contributed by atoms with Gasteiger partial charge in [0.2, 0.25) is 5.91 Å². The molecule has 5 rings (SSSR count). The molecule has 0 saturated carbocycles. The molecule has 1 fully saturated rings. The fourth-order valence-corrected chi connectivity index (χ4v) is 6.94. The van der Waals surface area contributed by atoms with Crippen molar-refractivity contribution in [2.75, 3.05) is 19.7 Å². The summed E-state index contributed by atoms with van der Waals surface area (Å²) in [7, 11) is 0. The van der Waals surface area contributed by atoms with Gasteiger partial charge in [-0.3, -0.25) is 9.59 Å². The van der Waals surface area contributed by atoms with Crippen LogP contribution in [0.2, 0.25) is 0 Å². The molecule has 3 N–H and O–H groups in total. The average molecular weight is 682 g/mol. The Morgan fingerprint density at radius 1 is 0.939 bits per heavy atom. The van der Waals surface area contributed by atoms with Crippen LogP contribution < -0.4 is 15.8 Å². The summed E-state index contributed by atoms with van der Waals surface area (Å²) in [6.07, 6.45) is 10.8. The van der Waals surface area contributed by atoms with E-state index in [0.29, 0.717) is 30.2 Å². The van der Waals surface area contributed by atoms with Crippen molar-refractivity contribution in [2.24, 2.45) is 5.73 Å². The number of thiophene rings is 1. The largest absolute Gasteiger partial charge is 0.494 e. The van der Waals surface area contributed by atoms with Crippen molar-refractivity contribution in [3.8, 4) is 28.3 Å². The SMILES string of the molecule is CCCCCCCOc1ccc(-c2cnc(-c3ccc(C[C@H](NC(=O)c4ccc(C(C)(C)C)s4)C(=O)N4CCC(C)(N)C4)cc3)nc2)cc1. The van der Waals surface area contributed by atoms with Crippen LogP contribution in [0.15, 0.2) is 73.1 Å². The molecule has 0 aliphatic carbocycles. The molecule has 4 aromatic rings. The van der Waals surface area contributed by atoms with Crippen molar-refractivity contribution in [2.45, 2.75) is 96.6 Å². The van der Waals surface area contributed by atoms with Crippen molar-refractivity contribution < 1.29 is 14.3 Å². The summed E-state index contributed by atoms with van der Waals surface area (Å²) in [5.74, 6) is 1.14. The highest BCUT2D eigenvalue weighted by atomic mass is 32.1. The quantitative estimate of drug-likeness (QED) is 0.131. The molecule has 9 heteroatoms. The van der Waals surface area contributed by atoms with Crippen molar-refractivity contribution >= 4 is 23.2 Å². The van der Waals surface area contributed by atoms with Crippen molar-refractivity contribution in [1.29, 1.82) is 0 Å². The Bertz CT molecular complexity index is 1670. The predicted molar refractivity (Wildman–Crippen MR) is 199 cm³/mol. The topological polar surface area (TPSA) is 110 Å². The normalized spacial score (nSPS) is 16.8. The summed E-state index contributed by atoms with van der Waals surface area (Å²) >= 11 is 1.47. The van der Waals surface area contributed by atoms with Crippen LogP contribution in [0, 0.1) is 0 Å². The van der Waals surface area contributed by atoms with Crippen molar-refractivity contribution in [3.63, 3.8) is 0 Å². The van der Waals surface area contributed by atoms with E-state index in [4.69, 9.17) is 10.5 Å². The van der Waals surface area contributed by atoms with E-state index in [1.807, 2.05) is 80.0 Å². The minimum absolute atomic E-state index is 0.0565. The molecule has 2 atom stereocenters. The Labute approximate surface area is 295 Å². The Morgan fingerprint density at radius 3 is 2.22 bits per heavy atom. The van der Waals surface area contributed by atoms with E-state index >= 15 is 0 Å². The molecule has 3 heterocycles. The molecule has 0 bridgehead atoms. The zero-order valence-electron chi connectivity index (χ0n) is 29.6. The molecule has 2 aromatic heterocycles. The van der Waals surface area contributed by atoms with E-state index in [1.54, 1.807) is 4.90 Å². The predicted octanol–water partition coefficient (Wildman–Crippen LogP) is 7.81. The zero-order chi connectivity index (χ0) is 35.0. The summed E-state index contributed by atoms with van der Waals surface area (Å²) in [5, 5.41) is 3.05. The van der Waals surface area contributed by atoms with Crippen molar-refractivity contribution in [3.05, 3.63) is 88.4 Å². The van der Waals surface area contributed by atoms with Gasteiger partial charge in [-0.05, 0) is 60.6 Å². The van der Waals surface area contributed by atoms with Crippen LogP contribution >= 0.6 is 11.3 Å². The van der Waals surface area contributed by atoms with Gasteiger partial charge >= 0.3 is 0 Å². The van der Waals surface area contributed by atoms with Gasteiger partial charge in [0.1, 0.15) is 11.8 Å². The molecule has 1 aliphatic heterocycles. The lowest BCUT2D eigenvalue weighted by molar-refractivity contribution is -0.132. The van der Waals surface area contributed by atoms with Crippen LogP contribution in [0.1, 0.15) is 93.3 Å². The first-order valence-electron chi connectivity index (χ1n) is 17.6. The van der Waals surface area contributed by atoms with Crippen LogP contribution in [0.5, 0.6) is 5.75 Å². The Balaban J connectivity index is 1.23. The third-order valence-corrected chi connectivity index (χ3v) is 10.5. The monoisotopic (exact) mass is 681 g/mol. The lowest BCUT2D eigenvalue weighted by Gasteiger charge is -2.26. The molecule has 1 saturated heterocycles. The number of carbonyl (C=O) groups is 2. The number of likely N-dealkylation sites (tertiary alicyclic amines) is 1. The molecular weight excluding hydrogens is 631 g/mol. The number of nitrogens with two attached hydrogens (primary N) is 1. The smallest absolute Gasteiger partial charge is 0.262 e. The number of amides is 2. The van der Waals surface area contributed by atoms with Gasteiger partial charge in [0.05, 0.1) is 11.5 Å². The highest BCUT2D eigenvalue weighted by Crippen LogP contribution is 2.30. The van der Waals surface area contributed by atoms with Gasteiger partial charge in [-0.25, -0.2) is 9.97 Å². The minimum atomic E-state index is -0.717. The second-order valence-corrected chi connectivity index (χ2v) is 15.7. The second kappa shape index (κ2) is 16.1. The maximum Gasteiger partial charge on any atom is 0.262 e. The standard InChI is InChI=1S/C40H51N5O3S/c1-6-7-8-9-10-23-48-32-17-15-29(16-18-32)31-25-42-36(43-26-31)30-13-11-28(12-14-30)24-33(38(47)45-22-21-40(5,41)27-45)44-37(46)34-19-20-35(49-34)39(2,3)4/h11-20,25-26,33H,6-10,21-24,27,41H2,1-5H3,(H,44,46)/t33-,40?/m0/s1. The van der Waals surface area contributed by atoms with Gasteiger partial charge in [0.25, 0.3) is 5.91 Å². The van der Waals surface area contributed by atoms with Crippen LogP contribution in [0.3, 0.4) is 0 Å². The number of hydrogen-bond donors (Lipinski definition) is 2. The fourth-order valence-electron chi connectivity index (χ4n) is 5.98. The van der Waals surface area contributed by atoms with E-state index in [9.17, 15) is 9.59 Å². The van der Waals surface area contributed by atoms with E-state index in [0.717, 1.165) is 52.3 Å². The number of benzene rings is 2. The number of unbranched alkanes of at least 4 members (excludes halogenated alkanes) is 4. The molecule has 1 aliphatic rings. The molecule has 2 amide bonds. The molecule has 49 heavy (non-hydrogen) atoms. The summed E-state index contributed by atoms with van der Waals surface area (Å²) in [6.45, 7) is 12.3. The zero-order valence-corrected chi connectivity index (χ0v) is 30.4. The van der Waals surface area contributed by atoms with Gasteiger partial charge < -0.3 is 20.7 Å². The fraction of sp³-hybridized carbons (Fsp3) is 0.450. The molecule has 0 spiro atoms. The van der Waals surface area contributed by atoms with Crippen LogP contribution in [-0.4, -0.2) is 58.0 Å². The third-order valence-electron chi connectivity index (χ3n) is 9.00. The van der Waals surface area contributed by atoms with Gasteiger partial charge in [0.15, 0.2) is 5.82 Å². The van der Waals surface area contributed by atoms with E-state index in [1.165, 1.54) is 37.0 Å². The van der Waals surface area contributed by atoms with Crippen molar-refractivity contribution in [1.82, 2.24) is 20.2 Å². The molecule has 0 radical (unpaired) electrons. The summed E-state index contributed by atoms with van der Waals surface area (Å²) in [5.41, 5.74) is 9.62. The molecule has 8 nitrogen and oxygen atoms in total. The van der Waals surface area contributed by atoms with Crippen LogP contribution in [-0.2, 0) is 16.6 Å². The number of rotatable bonds is 14. The highest BCUT2D eigenvalue weighted by molar-refractivity contribution is 7.14.